The second kappa shape index (κ2) is 17.2. The number of ether oxygens (including phenoxy) is 1. The summed E-state index contributed by atoms with van der Waals surface area (Å²) in [6.07, 6.45) is -6.49. The number of nitrogens with zero attached hydrogens (tertiary/aromatic N) is 1. The van der Waals surface area contributed by atoms with Crippen molar-refractivity contribution in [1.29, 1.82) is 0 Å². The van der Waals surface area contributed by atoms with Crippen LogP contribution in [0.25, 0.3) is 10.1 Å². The maximum atomic E-state index is 15.0. The molecule has 0 aliphatic rings. The average Bonchev–Trinajstić information content (AvgIpc) is 3.80. The predicted octanol–water partition coefficient (Wildman–Crippen LogP) is 9.29. The van der Waals surface area contributed by atoms with Crippen LogP contribution in [-0.4, -0.2) is 62.2 Å². The smallest absolute Gasteiger partial charge is 0.407 e. The Bertz CT molecular complexity index is 2060. The zero-order valence-electron chi connectivity index (χ0n) is 30.2. The second-order valence-electron chi connectivity index (χ2n) is 14.1. The number of aliphatic hydroxyl groups is 1. The van der Waals surface area contributed by atoms with Crippen LogP contribution in [0.1, 0.15) is 72.4 Å². The van der Waals surface area contributed by atoms with Crippen molar-refractivity contribution in [3.05, 3.63) is 124 Å². The number of carbonyl (C=O) groups is 2. The number of carbonyl (C=O) groups excluding carboxylic acids is 2. The van der Waals surface area contributed by atoms with E-state index >= 15 is 13.2 Å². The van der Waals surface area contributed by atoms with E-state index in [-0.39, 0.29) is 25.9 Å². The molecular formula is C40H43F3N2O6S3. The summed E-state index contributed by atoms with van der Waals surface area (Å²) in [5.74, 6) is -4.02. The highest BCUT2D eigenvalue weighted by Gasteiger charge is 2.46. The van der Waals surface area contributed by atoms with Crippen molar-refractivity contribution in [3.63, 3.8) is 0 Å². The summed E-state index contributed by atoms with van der Waals surface area (Å²) < 4.78 is 80.4. The van der Waals surface area contributed by atoms with E-state index in [1.807, 2.05) is 20.8 Å². The molecule has 0 bridgehead atoms. The van der Waals surface area contributed by atoms with Gasteiger partial charge >= 0.3 is 12.3 Å². The van der Waals surface area contributed by atoms with Gasteiger partial charge in [0.2, 0.25) is 0 Å². The van der Waals surface area contributed by atoms with Gasteiger partial charge < -0.3 is 15.2 Å². The molecule has 2 aromatic heterocycles. The van der Waals surface area contributed by atoms with Gasteiger partial charge in [-0.15, -0.1) is 22.7 Å². The Morgan fingerprint density at radius 2 is 1.43 bits per heavy atom. The number of hydrogen-bond acceptors (Lipinski definition) is 8. The first-order valence-electron chi connectivity index (χ1n) is 17.3. The van der Waals surface area contributed by atoms with Crippen molar-refractivity contribution in [3.8, 4) is 0 Å². The number of rotatable bonds is 15. The lowest BCUT2D eigenvalue weighted by molar-refractivity contribution is -0.156. The van der Waals surface area contributed by atoms with Gasteiger partial charge in [0.25, 0.3) is 10.0 Å². The zero-order chi connectivity index (χ0) is 39.3. The van der Waals surface area contributed by atoms with E-state index in [1.165, 1.54) is 16.4 Å². The molecule has 5 aromatic rings. The van der Waals surface area contributed by atoms with Crippen LogP contribution < -0.4 is 5.32 Å². The largest absolute Gasteiger partial charge is 0.453 e. The number of thiophene rings is 2. The molecule has 5 rings (SSSR count). The molecule has 54 heavy (non-hydrogen) atoms. The van der Waals surface area contributed by atoms with E-state index in [0.29, 0.717) is 28.9 Å². The van der Waals surface area contributed by atoms with Crippen molar-refractivity contribution in [2.75, 3.05) is 20.3 Å². The Morgan fingerprint density at radius 1 is 0.852 bits per heavy atom. The molecule has 0 radical (unpaired) electrons. The van der Waals surface area contributed by atoms with Gasteiger partial charge in [0, 0.05) is 33.3 Å². The van der Waals surface area contributed by atoms with Gasteiger partial charge in [-0.2, -0.15) is 17.5 Å². The first-order chi connectivity index (χ1) is 25.5. The Hall–Kier alpha value is -4.08. The number of sulfonamides is 1. The molecule has 3 aromatic carbocycles. The molecule has 0 unspecified atom stereocenters. The van der Waals surface area contributed by atoms with E-state index < -0.39 is 65.0 Å². The summed E-state index contributed by atoms with van der Waals surface area (Å²) in [5.41, 5.74) is 0.894. The molecule has 0 aliphatic heterocycles. The van der Waals surface area contributed by atoms with E-state index in [2.05, 4.69) is 5.32 Å². The summed E-state index contributed by atoms with van der Waals surface area (Å²) in [5, 5.41) is 14.0. The van der Waals surface area contributed by atoms with Crippen LogP contribution in [0.4, 0.5) is 18.0 Å². The molecule has 0 saturated heterocycles. The van der Waals surface area contributed by atoms with Gasteiger partial charge in [0.05, 0.1) is 25.7 Å². The lowest BCUT2D eigenvalue weighted by atomic mass is 9.81. The third-order valence-electron chi connectivity index (χ3n) is 9.14. The van der Waals surface area contributed by atoms with Gasteiger partial charge in [-0.1, -0.05) is 99.6 Å². The molecule has 0 aliphatic carbocycles. The fraction of sp³-hybridized carbons (Fsp3) is 0.350. The van der Waals surface area contributed by atoms with Crippen LogP contribution >= 0.6 is 22.7 Å². The van der Waals surface area contributed by atoms with Crippen LogP contribution in [0.5, 0.6) is 0 Å². The number of benzene rings is 3. The lowest BCUT2D eigenvalue weighted by Crippen LogP contribution is -2.46. The molecule has 0 spiro atoms. The highest BCUT2D eigenvalue weighted by atomic mass is 32.2. The van der Waals surface area contributed by atoms with Crippen molar-refractivity contribution in [1.82, 2.24) is 9.62 Å². The fourth-order valence-electron chi connectivity index (χ4n) is 6.29. The topological polar surface area (TPSA) is 113 Å². The Labute approximate surface area is 321 Å². The molecule has 8 nitrogen and oxygen atoms in total. The van der Waals surface area contributed by atoms with Gasteiger partial charge in [-0.05, 0) is 52.6 Å². The Balaban J connectivity index is 1.52. The summed E-state index contributed by atoms with van der Waals surface area (Å²) >= 11 is 1.79. The van der Waals surface area contributed by atoms with Gasteiger partial charge in [-0.25, -0.2) is 13.2 Å². The van der Waals surface area contributed by atoms with Crippen LogP contribution in [0.2, 0.25) is 0 Å². The van der Waals surface area contributed by atoms with Crippen LogP contribution in [-0.2, 0) is 19.6 Å². The number of amides is 1. The summed E-state index contributed by atoms with van der Waals surface area (Å²) in [4.78, 5) is 26.7. The highest BCUT2D eigenvalue weighted by molar-refractivity contribution is 7.91. The minimum absolute atomic E-state index is 0.000954. The minimum atomic E-state index is -4.90. The number of Topliss-reactive ketones (excluding diaryl/α,β-unsaturated/α-hetero) is 1. The van der Waals surface area contributed by atoms with Gasteiger partial charge in [0.1, 0.15) is 10.3 Å². The molecule has 1 amide bonds. The number of hydrogen-bond donors (Lipinski definition) is 2. The van der Waals surface area contributed by atoms with Crippen molar-refractivity contribution in [2.45, 2.75) is 67.9 Å². The number of halogens is 3. The Kier molecular flexibility index (Phi) is 13.1. The van der Waals surface area contributed by atoms with Gasteiger partial charge in [0.15, 0.2) is 5.78 Å². The van der Waals surface area contributed by atoms with E-state index in [1.54, 1.807) is 91.0 Å². The molecule has 0 fully saturated rings. The SMILES string of the molecule is COC(=O)N[C@H](C(=O)C[C@H](c1ccc([C@@H](CO)N(CCC(C)(C)C)S(=O)(=O)c2cc3ccccc3s2)s1)C(F)(F)F)C(c1ccccc1)c1ccccc1. The second-order valence-corrected chi connectivity index (χ2v) is 18.5. The van der Waals surface area contributed by atoms with E-state index in [9.17, 15) is 23.1 Å². The maximum absolute atomic E-state index is 15.0. The van der Waals surface area contributed by atoms with Crippen molar-refractivity contribution >= 4 is 54.7 Å². The van der Waals surface area contributed by atoms with Crippen LogP contribution in [0.3, 0.4) is 0 Å². The first-order valence-corrected chi connectivity index (χ1v) is 20.4. The number of alkyl carbamates (subject to hydrolysis) is 1. The standard InChI is InChI=1S/C40H43F3N2O6S3/c1-39(2,3)21-22-45(54(49,50)35-23-28-17-11-12-18-32(28)53-35)30(25-46)34-20-19-33(52-34)29(40(41,42)43)24-31(47)37(44-38(48)51-4)36(26-13-7-5-8-14-26)27-15-9-6-10-16-27/h5-20,23,29-30,36-37,46H,21-22,24-25H2,1-4H3,(H,44,48)/t29-,30-,37-/m1/s1. The number of aliphatic hydroxyl groups excluding tert-OH is 1. The predicted molar refractivity (Wildman–Crippen MR) is 206 cm³/mol. The molecule has 0 saturated carbocycles. The third kappa shape index (κ3) is 9.77. The molecule has 3 atom stereocenters. The number of nitrogens with one attached hydrogen (secondary N) is 1. The quantitative estimate of drug-likeness (QED) is 0.109. The van der Waals surface area contributed by atoms with Crippen molar-refractivity contribution in [2.24, 2.45) is 5.41 Å². The zero-order valence-corrected chi connectivity index (χ0v) is 32.7. The fourth-order valence-corrected chi connectivity index (χ4v) is 10.7. The first kappa shape index (κ1) is 41.1. The summed E-state index contributed by atoms with van der Waals surface area (Å²) in [6.45, 7) is 5.15. The summed E-state index contributed by atoms with van der Waals surface area (Å²) in [7, 11) is -3.12. The van der Waals surface area contributed by atoms with E-state index in [0.717, 1.165) is 28.5 Å². The normalized spacial score (nSPS) is 14.3. The molecule has 2 heterocycles. The number of alkyl halides is 3. The minimum Gasteiger partial charge on any atom is -0.453 e. The Morgan fingerprint density at radius 3 is 1.96 bits per heavy atom. The van der Waals surface area contributed by atoms with Crippen LogP contribution in [0.15, 0.2) is 107 Å². The maximum Gasteiger partial charge on any atom is 0.407 e. The molecule has 288 valence electrons. The highest BCUT2D eigenvalue weighted by Crippen LogP contribution is 2.44. The molecule has 2 N–H and O–H groups in total. The average molecular weight is 801 g/mol. The summed E-state index contributed by atoms with van der Waals surface area (Å²) in [6, 6.07) is 26.2. The van der Waals surface area contributed by atoms with Crippen LogP contribution in [0, 0.1) is 5.41 Å². The number of fused-ring (bicyclic) bond motifs is 1. The van der Waals surface area contributed by atoms with E-state index in [4.69, 9.17) is 4.74 Å². The number of ketones is 1. The van der Waals surface area contributed by atoms with Gasteiger partial charge in [-0.3, -0.25) is 4.79 Å². The number of methoxy groups -OCH3 is 1. The lowest BCUT2D eigenvalue weighted by Gasteiger charge is -2.31. The molecular weight excluding hydrogens is 758 g/mol. The molecule has 14 heteroatoms. The van der Waals surface area contributed by atoms with Crippen molar-refractivity contribution < 1.29 is 41.0 Å². The monoisotopic (exact) mass is 800 g/mol. The third-order valence-corrected chi connectivity index (χ3v) is 13.9.